The van der Waals surface area contributed by atoms with E-state index in [0.717, 1.165) is 11.4 Å². The van der Waals surface area contributed by atoms with Crippen molar-refractivity contribution >= 4 is 52.8 Å². The molecule has 0 aliphatic carbocycles. The molecule has 0 saturated carbocycles. The summed E-state index contributed by atoms with van der Waals surface area (Å²) >= 11 is 11.8. The Balaban J connectivity index is 1.31. The van der Waals surface area contributed by atoms with Crippen LogP contribution in [0.1, 0.15) is 11.3 Å². The van der Waals surface area contributed by atoms with Gasteiger partial charge in [-0.3, -0.25) is 19.4 Å². The molecule has 2 N–H and O–H groups in total. The van der Waals surface area contributed by atoms with Gasteiger partial charge in [-0.05, 0) is 48.0 Å². The van der Waals surface area contributed by atoms with Crippen LogP contribution in [0.4, 0.5) is 5.82 Å². The van der Waals surface area contributed by atoms with Crippen LogP contribution >= 0.6 is 23.2 Å². The average Bonchev–Trinajstić information content (AvgIpc) is 2.96. The number of aromatic nitrogens is 2. The van der Waals surface area contributed by atoms with Crippen molar-refractivity contribution in [2.45, 2.75) is 12.5 Å². The maximum atomic E-state index is 13.1. The molecule has 11 heteroatoms. The number of rotatable bonds is 9. The monoisotopic (exact) mass is 566 g/mol. The summed E-state index contributed by atoms with van der Waals surface area (Å²) in [5.41, 5.74) is 1.43. The summed E-state index contributed by atoms with van der Waals surface area (Å²) in [5.74, 6) is -0.304. The van der Waals surface area contributed by atoms with Gasteiger partial charge in [0.25, 0.3) is 0 Å². The number of anilines is 1. The van der Waals surface area contributed by atoms with E-state index in [1.54, 1.807) is 65.8 Å². The normalized spacial score (nSPS) is 14.2. The lowest BCUT2D eigenvalue weighted by Gasteiger charge is -2.35. The van der Waals surface area contributed by atoms with Crippen LogP contribution in [0.5, 0.6) is 0 Å². The Morgan fingerprint density at radius 2 is 1.67 bits per heavy atom. The smallest absolute Gasteiger partial charge is 0.244 e. The lowest BCUT2D eigenvalue weighted by atomic mass is 10.1. The van der Waals surface area contributed by atoms with E-state index in [4.69, 9.17) is 23.2 Å². The number of amides is 3. The van der Waals surface area contributed by atoms with Gasteiger partial charge in [0.15, 0.2) is 0 Å². The van der Waals surface area contributed by atoms with Gasteiger partial charge in [0.2, 0.25) is 17.7 Å². The van der Waals surface area contributed by atoms with E-state index in [-0.39, 0.29) is 18.9 Å². The van der Waals surface area contributed by atoms with Crippen molar-refractivity contribution in [1.82, 2.24) is 25.5 Å². The van der Waals surface area contributed by atoms with Gasteiger partial charge in [-0.1, -0.05) is 41.4 Å². The van der Waals surface area contributed by atoms with Gasteiger partial charge in [-0.2, -0.15) is 0 Å². The highest BCUT2D eigenvalue weighted by Gasteiger charge is 2.25. The Hall–Kier alpha value is -3.95. The predicted octanol–water partition coefficient (Wildman–Crippen LogP) is 2.99. The minimum absolute atomic E-state index is 0.173. The van der Waals surface area contributed by atoms with Crippen molar-refractivity contribution in [2.24, 2.45) is 0 Å². The summed E-state index contributed by atoms with van der Waals surface area (Å²) in [7, 11) is 0. The molecule has 0 spiro atoms. The van der Waals surface area contributed by atoms with Gasteiger partial charge in [-0.15, -0.1) is 0 Å². The highest BCUT2D eigenvalue weighted by atomic mass is 35.5. The maximum Gasteiger partial charge on any atom is 0.244 e. The zero-order chi connectivity index (χ0) is 27.6. The Bertz CT molecular complexity index is 1300. The molecule has 9 nitrogen and oxygen atoms in total. The summed E-state index contributed by atoms with van der Waals surface area (Å²) in [5, 5.41) is 6.57. The number of piperazine rings is 1. The molecule has 3 heterocycles. The molecule has 3 amide bonds. The minimum Gasteiger partial charge on any atom is -0.353 e. The van der Waals surface area contributed by atoms with Gasteiger partial charge in [0.05, 0.1) is 11.6 Å². The maximum absolute atomic E-state index is 13.1. The first kappa shape index (κ1) is 28.1. The second-order valence-electron chi connectivity index (χ2n) is 8.89. The minimum atomic E-state index is -0.914. The van der Waals surface area contributed by atoms with E-state index in [2.05, 4.69) is 25.5 Å². The molecule has 1 aliphatic rings. The lowest BCUT2D eigenvalue weighted by Crippen LogP contribution is -2.53. The number of carbonyl (C=O) groups is 3. The van der Waals surface area contributed by atoms with Crippen molar-refractivity contribution in [3.63, 3.8) is 0 Å². The summed E-state index contributed by atoms with van der Waals surface area (Å²) in [6.45, 7) is 2.07. The van der Waals surface area contributed by atoms with Crippen LogP contribution in [-0.2, 0) is 20.8 Å². The van der Waals surface area contributed by atoms with Gasteiger partial charge in [0.1, 0.15) is 11.9 Å². The quantitative estimate of drug-likeness (QED) is 0.385. The second-order valence-corrected chi connectivity index (χ2v) is 9.76. The van der Waals surface area contributed by atoms with Gasteiger partial charge in [0, 0.05) is 61.8 Å². The fraction of sp³-hybridized carbons (Fsp3) is 0.250. The first-order chi connectivity index (χ1) is 18.9. The number of halogens is 2. The Morgan fingerprint density at radius 3 is 2.33 bits per heavy atom. The molecular weight excluding hydrogens is 539 g/mol. The molecule has 0 bridgehead atoms. The Morgan fingerprint density at radius 1 is 0.923 bits per heavy atom. The van der Waals surface area contributed by atoms with Crippen molar-refractivity contribution in [2.75, 3.05) is 37.6 Å². The molecule has 1 atom stereocenters. The van der Waals surface area contributed by atoms with Crippen LogP contribution < -0.4 is 15.5 Å². The van der Waals surface area contributed by atoms with Gasteiger partial charge in [-0.25, -0.2) is 4.98 Å². The molecule has 1 saturated heterocycles. The number of nitrogens with one attached hydrogen (secondary N) is 2. The Labute approximate surface area is 236 Å². The molecule has 0 unspecified atom stereocenters. The third-order valence-electron chi connectivity index (χ3n) is 6.15. The molecule has 1 aromatic carbocycles. The second kappa shape index (κ2) is 13.7. The lowest BCUT2D eigenvalue weighted by molar-refractivity contribution is -0.134. The van der Waals surface area contributed by atoms with E-state index in [1.807, 2.05) is 12.1 Å². The predicted molar refractivity (Wildman–Crippen MR) is 151 cm³/mol. The van der Waals surface area contributed by atoms with Crippen molar-refractivity contribution in [1.29, 1.82) is 0 Å². The van der Waals surface area contributed by atoms with Crippen LogP contribution in [0, 0.1) is 0 Å². The first-order valence-corrected chi connectivity index (χ1v) is 13.2. The van der Waals surface area contributed by atoms with Crippen LogP contribution in [0.2, 0.25) is 10.0 Å². The van der Waals surface area contributed by atoms with E-state index in [9.17, 15) is 14.4 Å². The number of pyridine rings is 2. The Kier molecular flexibility index (Phi) is 9.88. The number of carbonyl (C=O) groups excluding carboxylic acids is 3. The van der Waals surface area contributed by atoms with Gasteiger partial charge < -0.3 is 20.4 Å². The number of hydrogen-bond acceptors (Lipinski definition) is 6. The standard InChI is InChI=1S/C28H28Cl2N6O3/c29-21-7-4-20(5-8-21)6-11-26(37)34-24(17-23-3-1-2-12-31-23)28(39)33-19-27(38)36-15-13-35(14-16-36)25-10-9-22(30)18-32-25/h1-12,18,24H,13-17,19H2,(H,33,39)(H,34,37)/t24-/m0/s1. The van der Waals surface area contributed by atoms with Crippen molar-refractivity contribution in [3.8, 4) is 0 Å². The molecule has 39 heavy (non-hydrogen) atoms. The summed E-state index contributed by atoms with van der Waals surface area (Å²) in [6.07, 6.45) is 6.37. The van der Waals surface area contributed by atoms with E-state index in [0.29, 0.717) is 41.9 Å². The van der Waals surface area contributed by atoms with Crippen molar-refractivity contribution < 1.29 is 14.4 Å². The van der Waals surface area contributed by atoms with Crippen LogP contribution in [0.3, 0.4) is 0 Å². The molecule has 2 aromatic heterocycles. The third kappa shape index (κ3) is 8.53. The largest absolute Gasteiger partial charge is 0.353 e. The SMILES string of the molecule is O=C(C=Cc1ccc(Cl)cc1)N[C@@H](Cc1ccccn1)C(=O)NCC(=O)N1CCN(c2ccc(Cl)cn2)CC1. The highest BCUT2D eigenvalue weighted by molar-refractivity contribution is 6.30. The van der Waals surface area contributed by atoms with E-state index in [1.165, 1.54) is 6.08 Å². The molecule has 1 aliphatic heterocycles. The van der Waals surface area contributed by atoms with Gasteiger partial charge >= 0.3 is 0 Å². The molecule has 0 radical (unpaired) electrons. The van der Waals surface area contributed by atoms with Crippen LogP contribution in [-0.4, -0.2) is 71.4 Å². The van der Waals surface area contributed by atoms with Crippen LogP contribution in [0.15, 0.2) is 73.1 Å². The number of benzene rings is 1. The average molecular weight is 567 g/mol. The third-order valence-corrected chi connectivity index (χ3v) is 6.63. The van der Waals surface area contributed by atoms with E-state index < -0.39 is 17.9 Å². The molecule has 202 valence electrons. The summed E-state index contributed by atoms with van der Waals surface area (Å²) in [4.78, 5) is 50.9. The van der Waals surface area contributed by atoms with E-state index >= 15 is 0 Å². The van der Waals surface area contributed by atoms with Crippen molar-refractivity contribution in [3.05, 3.63) is 94.4 Å². The molecule has 1 fully saturated rings. The summed E-state index contributed by atoms with van der Waals surface area (Å²) in [6, 6.07) is 15.1. The molecular formula is C28H28Cl2N6O3. The molecule has 4 rings (SSSR count). The molecule has 3 aromatic rings. The highest BCUT2D eigenvalue weighted by Crippen LogP contribution is 2.16. The van der Waals surface area contributed by atoms with Crippen LogP contribution in [0.25, 0.3) is 6.08 Å². The number of nitrogens with zero attached hydrogens (tertiary/aromatic N) is 4. The fourth-order valence-corrected chi connectivity index (χ4v) is 4.28. The zero-order valence-electron chi connectivity index (χ0n) is 21.1. The topological polar surface area (TPSA) is 108 Å². The first-order valence-electron chi connectivity index (χ1n) is 12.4. The number of hydrogen-bond donors (Lipinski definition) is 2. The fourth-order valence-electron chi connectivity index (χ4n) is 4.04. The summed E-state index contributed by atoms with van der Waals surface area (Å²) < 4.78 is 0. The zero-order valence-corrected chi connectivity index (χ0v) is 22.6.